The van der Waals surface area contributed by atoms with E-state index in [2.05, 4.69) is 4.90 Å². The van der Waals surface area contributed by atoms with Crippen LogP contribution in [0.5, 0.6) is 0 Å². The molecular formula is C16H22FNO. The molecule has 2 nitrogen and oxygen atoms in total. The van der Waals surface area contributed by atoms with E-state index in [1.54, 1.807) is 12.1 Å². The molecule has 2 aliphatic rings. The van der Waals surface area contributed by atoms with Gasteiger partial charge < -0.3 is 10.0 Å². The third-order valence-electron chi connectivity index (χ3n) is 4.20. The van der Waals surface area contributed by atoms with Gasteiger partial charge in [-0.15, -0.1) is 0 Å². The fourth-order valence-electron chi connectivity index (χ4n) is 2.63. The first kappa shape index (κ1) is 13.1. The molecule has 19 heavy (non-hydrogen) atoms. The Balaban J connectivity index is 1.50. The van der Waals surface area contributed by atoms with Crippen LogP contribution in [0.25, 0.3) is 0 Å². The van der Waals surface area contributed by atoms with Crippen molar-refractivity contribution in [3.05, 3.63) is 35.6 Å². The molecule has 2 aliphatic carbocycles. The molecule has 0 amide bonds. The van der Waals surface area contributed by atoms with Gasteiger partial charge in [-0.3, -0.25) is 0 Å². The molecule has 3 heteroatoms. The summed E-state index contributed by atoms with van der Waals surface area (Å²) in [6, 6.07) is 6.97. The molecule has 104 valence electrons. The van der Waals surface area contributed by atoms with Crippen molar-refractivity contribution in [2.45, 2.75) is 44.2 Å². The molecule has 2 fully saturated rings. The van der Waals surface area contributed by atoms with E-state index in [9.17, 15) is 9.50 Å². The number of benzene rings is 1. The highest BCUT2D eigenvalue weighted by atomic mass is 19.1. The van der Waals surface area contributed by atoms with E-state index in [0.717, 1.165) is 30.5 Å². The molecule has 1 N–H and O–H groups in total. The Morgan fingerprint density at radius 1 is 1.16 bits per heavy atom. The molecule has 0 radical (unpaired) electrons. The Hall–Kier alpha value is -0.930. The van der Waals surface area contributed by atoms with Crippen LogP contribution in [-0.4, -0.2) is 29.1 Å². The molecule has 0 aromatic heterocycles. The van der Waals surface area contributed by atoms with Crippen LogP contribution in [0.15, 0.2) is 24.3 Å². The summed E-state index contributed by atoms with van der Waals surface area (Å²) >= 11 is 0. The molecule has 0 saturated heterocycles. The van der Waals surface area contributed by atoms with Gasteiger partial charge in [-0.2, -0.15) is 0 Å². The molecule has 2 saturated carbocycles. The Bertz CT molecular complexity index is 411. The van der Waals surface area contributed by atoms with Crippen molar-refractivity contribution in [1.29, 1.82) is 0 Å². The first-order valence-electron chi connectivity index (χ1n) is 7.40. The van der Waals surface area contributed by atoms with Gasteiger partial charge in [0.2, 0.25) is 0 Å². The van der Waals surface area contributed by atoms with Crippen LogP contribution in [-0.2, 0) is 0 Å². The summed E-state index contributed by atoms with van der Waals surface area (Å²) in [5.41, 5.74) is 0.823. The van der Waals surface area contributed by atoms with Gasteiger partial charge >= 0.3 is 0 Å². The lowest BCUT2D eigenvalue weighted by Gasteiger charge is -2.23. The van der Waals surface area contributed by atoms with Gasteiger partial charge in [-0.05, 0) is 55.7 Å². The quantitative estimate of drug-likeness (QED) is 0.817. The van der Waals surface area contributed by atoms with Gasteiger partial charge in [0.1, 0.15) is 5.82 Å². The highest BCUT2D eigenvalue weighted by Gasteiger charge is 2.33. The number of aliphatic hydroxyl groups excluding tert-OH is 1. The largest absolute Gasteiger partial charge is 0.388 e. The fraction of sp³-hybridized carbons (Fsp3) is 0.625. The van der Waals surface area contributed by atoms with E-state index in [4.69, 9.17) is 0 Å². The van der Waals surface area contributed by atoms with E-state index < -0.39 is 6.10 Å². The lowest BCUT2D eigenvalue weighted by atomic mass is 10.1. The van der Waals surface area contributed by atoms with Gasteiger partial charge in [0, 0.05) is 19.1 Å². The zero-order chi connectivity index (χ0) is 13.2. The minimum atomic E-state index is -0.471. The van der Waals surface area contributed by atoms with Crippen molar-refractivity contribution in [3.63, 3.8) is 0 Å². The van der Waals surface area contributed by atoms with E-state index in [1.165, 1.54) is 44.4 Å². The Morgan fingerprint density at radius 3 is 2.42 bits per heavy atom. The SMILES string of the molecule is OC(CCN(CC1CC1)C1CC1)c1ccc(F)cc1. The second kappa shape index (κ2) is 5.59. The third-order valence-corrected chi connectivity index (χ3v) is 4.20. The monoisotopic (exact) mass is 263 g/mol. The highest BCUT2D eigenvalue weighted by molar-refractivity contribution is 5.18. The predicted octanol–water partition coefficient (Wildman–Crippen LogP) is 3.12. The summed E-state index contributed by atoms with van der Waals surface area (Å²) in [5.74, 6) is 0.660. The number of halogens is 1. The molecular weight excluding hydrogens is 241 g/mol. The van der Waals surface area contributed by atoms with E-state index >= 15 is 0 Å². The van der Waals surface area contributed by atoms with Crippen LogP contribution >= 0.6 is 0 Å². The minimum Gasteiger partial charge on any atom is -0.388 e. The zero-order valence-electron chi connectivity index (χ0n) is 11.3. The normalized spacial score (nSPS) is 20.8. The lowest BCUT2D eigenvalue weighted by molar-refractivity contribution is 0.137. The zero-order valence-corrected chi connectivity index (χ0v) is 11.3. The molecule has 0 bridgehead atoms. The molecule has 0 aliphatic heterocycles. The standard InChI is InChI=1S/C16H22FNO/c17-14-5-3-13(4-6-14)16(19)9-10-18(15-7-8-15)11-12-1-2-12/h3-6,12,15-16,19H,1-2,7-11H2. The van der Waals surface area contributed by atoms with Gasteiger partial charge in [-0.1, -0.05) is 12.1 Å². The summed E-state index contributed by atoms with van der Waals surface area (Å²) in [7, 11) is 0. The Labute approximate surface area is 114 Å². The number of rotatable bonds is 7. The first-order valence-corrected chi connectivity index (χ1v) is 7.40. The molecule has 1 aromatic rings. The Morgan fingerprint density at radius 2 is 1.84 bits per heavy atom. The van der Waals surface area contributed by atoms with E-state index in [0.29, 0.717) is 0 Å². The summed E-state index contributed by atoms with van der Waals surface area (Å²) in [6.07, 6.45) is 5.67. The third kappa shape index (κ3) is 3.77. The maximum absolute atomic E-state index is 12.8. The van der Waals surface area contributed by atoms with Crippen LogP contribution in [0.3, 0.4) is 0 Å². The van der Waals surface area contributed by atoms with E-state index in [1.807, 2.05) is 0 Å². The smallest absolute Gasteiger partial charge is 0.123 e. The number of aliphatic hydroxyl groups is 1. The van der Waals surface area contributed by atoms with Crippen LogP contribution in [0.1, 0.15) is 43.8 Å². The first-order chi connectivity index (χ1) is 9.22. The van der Waals surface area contributed by atoms with Crippen molar-refractivity contribution in [3.8, 4) is 0 Å². The van der Waals surface area contributed by atoms with Gasteiger partial charge in [0.05, 0.1) is 6.10 Å². The van der Waals surface area contributed by atoms with Gasteiger partial charge in [0.15, 0.2) is 0 Å². The van der Waals surface area contributed by atoms with Crippen molar-refractivity contribution in [1.82, 2.24) is 4.90 Å². The molecule has 3 rings (SSSR count). The second-order valence-electron chi connectivity index (χ2n) is 6.03. The minimum absolute atomic E-state index is 0.246. The summed E-state index contributed by atoms with van der Waals surface area (Å²) in [6.45, 7) is 2.17. The summed E-state index contributed by atoms with van der Waals surface area (Å²) < 4.78 is 12.8. The van der Waals surface area contributed by atoms with Crippen molar-refractivity contribution in [2.75, 3.05) is 13.1 Å². The van der Waals surface area contributed by atoms with Crippen molar-refractivity contribution >= 4 is 0 Å². The molecule has 1 atom stereocenters. The van der Waals surface area contributed by atoms with Crippen molar-refractivity contribution < 1.29 is 9.50 Å². The van der Waals surface area contributed by atoms with E-state index in [-0.39, 0.29) is 5.82 Å². The van der Waals surface area contributed by atoms with Gasteiger partial charge in [-0.25, -0.2) is 4.39 Å². The number of hydrogen-bond acceptors (Lipinski definition) is 2. The van der Waals surface area contributed by atoms with Crippen LogP contribution in [0, 0.1) is 11.7 Å². The highest BCUT2D eigenvalue weighted by Crippen LogP contribution is 2.35. The maximum Gasteiger partial charge on any atom is 0.123 e. The predicted molar refractivity (Wildman–Crippen MR) is 73.3 cm³/mol. The fourth-order valence-corrected chi connectivity index (χ4v) is 2.63. The second-order valence-corrected chi connectivity index (χ2v) is 6.03. The molecule has 0 heterocycles. The number of hydrogen-bond donors (Lipinski definition) is 1. The van der Waals surface area contributed by atoms with Crippen LogP contribution < -0.4 is 0 Å². The average Bonchev–Trinajstić information content (AvgIpc) is 3.27. The average molecular weight is 263 g/mol. The maximum atomic E-state index is 12.8. The van der Waals surface area contributed by atoms with Crippen molar-refractivity contribution in [2.24, 2.45) is 5.92 Å². The van der Waals surface area contributed by atoms with Gasteiger partial charge in [0.25, 0.3) is 0 Å². The van der Waals surface area contributed by atoms with Crippen LogP contribution in [0.2, 0.25) is 0 Å². The molecule has 1 aromatic carbocycles. The summed E-state index contributed by atoms with van der Waals surface area (Å²) in [4.78, 5) is 2.55. The Kier molecular flexibility index (Phi) is 3.85. The lowest BCUT2D eigenvalue weighted by Crippen LogP contribution is -2.30. The topological polar surface area (TPSA) is 23.5 Å². The molecule has 1 unspecified atom stereocenters. The molecule has 0 spiro atoms. The van der Waals surface area contributed by atoms with Crippen LogP contribution in [0.4, 0.5) is 4.39 Å². The number of nitrogens with zero attached hydrogens (tertiary/aromatic N) is 1. The summed E-state index contributed by atoms with van der Waals surface area (Å²) in [5, 5.41) is 10.2.